The fourth-order valence-corrected chi connectivity index (χ4v) is 4.48. The zero-order valence-electron chi connectivity index (χ0n) is 11.0. The van der Waals surface area contributed by atoms with Crippen LogP contribution in [0.1, 0.15) is 33.5 Å². The van der Waals surface area contributed by atoms with Crippen molar-refractivity contribution in [1.82, 2.24) is 5.32 Å². The maximum absolute atomic E-state index is 12.2. The number of carboxylic acid groups (broad SMARTS) is 1. The van der Waals surface area contributed by atoms with Gasteiger partial charge < -0.3 is 10.4 Å². The molecule has 19 heavy (non-hydrogen) atoms. The second kappa shape index (κ2) is 5.54. The summed E-state index contributed by atoms with van der Waals surface area (Å²) in [7, 11) is 0. The summed E-state index contributed by atoms with van der Waals surface area (Å²) in [6.45, 7) is 4.03. The Morgan fingerprint density at radius 1 is 1.53 bits per heavy atom. The second-order valence-electron chi connectivity index (χ2n) is 4.71. The maximum atomic E-state index is 12.2. The summed E-state index contributed by atoms with van der Waals surface area (Å²) >= 11 is 3.02. The first-order valence-corrected chi connectivity index (χ1v) is 8.18. The molecule has 0 spiro atoms. The van der Waals surface area contributed by atoms with Crippen LogP contribution in [0.4, 0.5) is 0 Å². The Labute approximate surface area is 120 Å². The summed E-state index contributed by atoms with van der Waals surface area (Å²) in [5.41, 5.74) is 0.00859. The smallest absolute Gasteiger partial charge is 0.330 e. The highest BCUT2D eigenvalue weighted by Gasteiger charge is 2.43. The number of carboxylic acids is 1. The molecule has 2 heterocycles. The standard InChI is InChI=1S/C13H17NO3S2/c1-3-9-8(2)6-10(19-9)11(15)14-13(12(16)17)4-5-18-7-13/h6H,3-5,7H2,1-2H3,(H,14,15)(H,16,17)/t13-/m1/s1. The fourth-order valence-electron chi connectivity index (χ4n) is 2.15. The van der Waals surface area contributed by atoms with Crippen LogP contribution in [0.25, 0.3) is 0 Å². The highest BCUT2D eigenvalue weighted by atomic mass is 32.2. The van der Waals surface area contributed by atoms with Crippen LogP contribution < -0.4 is 5.32 Å². The molecule has 2 N–H and O–H groups in total. The zero-order chi connectivity index (χ0) is 14.0. The van der Waals surface area contributed by atoms with Gasteiger partial charge in [-0.2, -0.15) is 11.8 Å². The minimum absolute atomic E-state index is 0.266. The highest BCUT2D eigenvalue weighted by molar-refractivity contribution is 7.99. The molecular weight excluding hydrogens is 282 g/mol. The lowest BCUT2D eigenvalue weighted by Gasteiger charge is -2.24. The number of carbonyl (C=O) groups is 2. The molecule has 0 saturated carbocycles. The Bertz CT molecular complexity index is 504. The number of aliphatic carboxylic acids is 1. The lowest BCUT2D eigenvalue weighted by atomic mass is 9.99. The highest BCUT2D eigenvalue weighted by Crippen LogP contribution is 2.29. The van der Waals surface area contributed by atoms with Gasteiger partial charge in [-0.1, -0.05) is 6.92 Å². The summed E-state index contributed by atoms with van der Waals surface area (Å²) in [6.07, 6.45) is 1.38. The van der Waals surface area contributed by atoms with E-state index in [0.717, 1.165) is 17.7 Å². The van der Waals surface area contributed by atoms with Gasteiger partial charge in [-0.05, 0) is 37.1 Å². The average molecular weight is 299 g/mol. The molecule has 1 saturated heterocycles. The molecule has 4 nitrogen and oxygen atoms in total. The van der Waals surface area contributed by atoms with Crippen molar-refractivity contribution in [3.8, 4) is 0 Å². The van der Waals surface area contributed by atoms with Crippen molar-refractivity contribution in [3.63, 3.8) is 0 Å². The van der Waals surface area contributed by atoms with Crippen LogP contribution in [0.15, 0.2) is 6.07 Å². The van der Waals surface area contributed by atoms with Gasteiger partial charge >= 0.3 is 5.97 Å². The molecule has 1 fully saturated rings. The Morgan fingerprint density at radius 3 is 2.74 bits per heavy atom. The number of aryl methyl sites for hydroxylation is 2. The molecule has 1 atom stereocenters. The van der Waals surface area contributed by atoms with E-state index < -0.39 is 11.5 Å². The molecule has 1 aromatic rings. The molecule has 1 aromatic heterocycles. The van der Waals surface area contributed by atoms with Crippen LogP contribution in [0.5, 0.6) is 0 Å². The van der Waals surface area contributed by atoms with E-state index >= 15 is 0 Å². The monoisotopic (exact) mass is 299 g/mol. The molecule has 104 valence electrons. The summed E-state index contributed by atoms with van der Waals surface area (Å²) in [4.78, 5) is 25.4. The van der Waals surface area contributed by atoms with Crippen LogP contribution in [0.3, 0.4) is 0 Å². The Balaban J connectivity index is 2.17. The number of hydrogen-bond donors (Lipinski definition) is 2. The first-order chi connectivity index (χ1) is 8.98. The summed E-state index contributed by atoms with van der Waals surface area (Å²) in [5, 5.41) is 12.1. The molecule has 6 heteroatoms. The fraction of sp³-hybridized carbons (Fsp3) is 0.538. The van der Waals surface area contributed by atoms with Crippen LogP contribution >= 0.6 is 23.1 Å². The predicted molar refractivity (Wildman–Crippen MR) is 78.2 cm³/mol. The van der Waals surface area contributed by atoms with Crippen molar-refractivity contribution < 1.29 is 14.7 Å². The number of nitrogens with one attached hydrogen (secondary N) is 1. The van der Waals surface area contributed by atoms with Crippen LogP contribution in [-0.4, -0.2) is 34.0 Å². The molecule has 0 radical (unpaired) electrons. The molecule has 0 aromatic carbocycles. The lowest BCUT2D eigenvalue weighted by Crippen LogP contribution is -2.54. The van der Waals surface area contributed by atoms with Gasteiger partial charge in [-0.15, -0.1) is 11.3 Å². The summed E-state index contributed by atoms with van der Waals surface area (Å²) < 4.78 is 0. The van der Waals surface area contributed by atoms with Gasteiger partial charge in [0.15, 0.2) is 0 Å². The maximum Gasteiger partial charge on any atom is 0.330 e. The van der Waals surface area contributed by atoms with Crippen molar-refractivity contribution in [1.29, 1.82) is 0 Å². The van der Waals surface area contributed by atoms with Gasteiger partial charge in [-0.3, -0.25) is 4.79 Å². The molecule has 0 unspecified atom stereocenters. The van der Waals surface area contributed by atoms with E-state index in [1.165, 1.54) is 16.2 Å². The van der Waals surface area contributed by atoms with Gasteiger partial charge in [0.25, 0.3) is 5.91 Å². The topological polar surface area (TPSA) is 66.4 Å². The third-order valence-electron chi connectivity index (χ3n) is 3.35. The largest absolute Gasteiger partial charge is 0.479 e. The van der Waals surface area contributed by atoms with Crippen molar-refractivity contribution in [2.45, 2.75) is 32.2 Å². The molecular formula is C13H17NO3S2. The SMILES string of the molecule is CCc1sc(C(=O)N[C@]2(C(=O)O)CCSC2)cc1C. The molecule has 1 amide bonds. The summed E-state index contributed by atoms with van der Waals surface area (Å²) in [5.74, 6) is 0.0162. The predicted octanol–water partition coefficient (Wildman–Crippen LogP) is 2.31. The Kier molecular flexibility index (Phi) is 4.20. The molecule has 1 aliphatic rings. The molecule has 0 aliphatic carbocycles. The Hall–Kier alpha value is -1.01. The molecule has 1 aliphatic heterocycles. The number of hydrogen-bond acceptors (Lipinski definition) is 4. The third-order valence-corrected chi connectivity index (χ3v) is 5.92. The normalized spacial score (nSPS) is 22.4. The van der Waals surface area contributed by atoms with Gasteiger partial charge in [0, 0.05) is 10.6 Å². The van der Waals surface area contributed by atoms with Gasteiger partial charge in [0.2, 0.25) is 0 Å². The van der Waals surface area contributed by atoms with E-state index in [-0.39, 0.29) is 5.91 Å². The van der Waals surface area contributed by atoms with E-state index in [0.29, 0.717) is 17.1 Å². The quantitative estimate of drug-likeness (QED) is 0.895. The minimum Gasteiger partial charge on any atom is -0.479 e. The average Bonchev–Trinajstić information content (AvgIpc) is 2.96. The second-order valence-corrected chi connectivity index (χ2v) is 6.96. The van der Waals surface area contributed by atoms with E-state index in [2.05, 4.69) is 5.32 Å². The van der Waals surface area contributed by atoms with Crippen LogP contribution in [0.2, 0.25) is 0 Å². The first kappa shape index (κ1) is 14.4. The zero-order valence-corrected chi connectivity index (χ0v) is 12.6. The van der Waals surface area contributed by atoms with Crippen LogP contribution in [0, 0.1) is 6.92 Å². The third kappa shape index (κ3) is 2.79. The van der Waals surface area contributed by atoms with E-state index in [4.69, 9.17) is 0 Å². The Morgan fingerprint density at radius 2 is 2.26 bits per heavy atom. The first-order valence-electron chi connectivity index (χ1n) is 6.21. The van der Waals surface area contributed by atoms with Crippen molar-refractivity contribution in [2.24, 2.45) is 0 Å². The summed E-state index contributed by atoms with van der Waals surface area (Å²) in [6, 6.07) is 1.84. The van der Waals surface area contributed by atoms with Gasteiger partial charge in [0.1, 0.15) is 5.54 Å². The number of carbonyl (C=O) groups excluding carboxylic acids is 1. The van der Waals surface area contributed by atoms with Crippen LogP contribution in [-0.2, 0) is 11.2 Å². The van der Waals surface area contributed by atoms with Crippen molar-refractivity contribution in [2.75, 3.05) is 11.5 Å². The lowest BCUT2D eigenvalue weighted by molar-refractivity contribution is -0.143. The van der Waals surface area contributed by atoms with Crippen molar-refractivity contribution >= 4 is 35.0 Å². The van der Waals surface area contributed by atoms with E-state index in [1.54, 1.807) is 11.8 Å². The van der Waals surface area contributed by atoms with E-state index in [9.17, 15) is 14.7 Å². The number of thiophene rings is 1. The number of rotatable bonds is 4. The van der Waals surface area contributed by atoms with E-state index in [1.807, 2.05) is 19.9 Å². The van der Waals surface area contributed by atoms with Gasteiger partial charge in [0.05, 0.1) is 4.88 Å². The minimum atomic E-state index is -1.09. The number of amides is 1. The molecule has 0 bridgehead atoms. The van der Waals surface area contributed by atoms with Crippen molar-refractivity contribution in [3.05, 3.63) is 21.4 Å². The van der Waals surface area contributed by atoms with Gasteiger partial charge in [-0.25, -0.2) is 4.79 Å². The number of thioether (sulfide) groups is 1. The molecule has 2 rings (SSSR count).